The number of H-pyrrole nitrogens is 1. The van der Waals surface area contributed by atoms with Gasteiger partial charge in [-0.3, -0.25) is 14.2 Å². The van der Waals surface area contributed by atoms with Gasteiger partial charge in [-0.1, -0.05) is 15.9 Å². The van der Waals surface area contributed by atoms with Crippen molar-refractivity contribution < 1.29 is 9.53 Å². The molecule has 1 aromatic heterocycles. The lowest BCUT2D eigenvalue weighted by atomic mass is 10.2. The molecule has 134 valence electrons. The average molecular weight is 426 g/mol. The summed E-state index contributed by atoms with van der Waals surface area (Å²) in [4.78, 5) is 27.6. The van der Waals surface area contributed by atoms with E-state index in [1.54, 1.807) is 6.07 Å². The molecule has 0 unspecified atom stereocenters. The fourth-order valence-corrected chi connectivity index (χ4v) is 3.59. The number of benzene rings is 1. The predicted octanol–water partition coefficient (Wildman–Crippen LogP) is 2.90. The Hall–Kier alpha value is -1.51. The van der Waals surface area contributed by atoms with Crippen LogP contribution in [0, 0.1) is 4.77 Å². The molecule has 2 N–H and O–H groups in total. The lowest BCUT2D eigenvalue weighted by molar-refractivity contribution is -0.121. The standard InChI is InChI=1S/C17H20BrN3O3S/c18-11-5-6-14-13(9-11)16(23)21(17(25)20-14)7-1-4-15(22)19-10-12-3-2-8-24-12/h5-6,9,12H,1-4,7-8,10H2,(H,19,22)(H,20,25)/t12-/m1/s1. The Labute approximate surface area is 158 Å². The first-order valence-corrected chi connectivity index (χ1v) is 9.55. The molecule has 6 nitrogen and oxygen atoms in total. The van der Waals surface area contributed by atoms with Crippen LogP contribution in [0.2, 0.25) is 0 Å². The highest BCUT2D eigenvalue weighted by atomic mass is 79.9. The summed E-state index contributed by atoms with van der Waals surface area (Å²) in [7, 11) is 0. The van der Waals surface area contributed by atoms with Gasteiger partial charge in [0.15, 0.2) is 4.77 Å². The van der Waals surface area contributed by atoms with Crippen molar-refractivity contribution >= 4 is 45.0 Å². The molecule has 1 aliphatic rings. The van der Waals surface area contributed by atoms with E-state index in [1.165, 1.54) is 4.57 Å². The van der Waals surface area contributed by atoms with Crippen molar-refractivity contribution in [3.8, 4) is 0 Å². The molecule has 2 aromatic rings. The van der Waals surface area contributed by atoms with E-state index in [2.05, 4.69) is 26.2 Å². The Morgan fingerprint density at radius 1 is 1.48 bits per heavy atom. The van der Waals surface area contributed by atoms with E-state index in [-0.39, 0.29) is 17.6 Å². The van der Waals surface area contributed by atoms with E-state index < -0.39 is 0 Å². The van der Waals surface area contributed by atoms with Crippen molar-refractivity contribution in [3.05, 3.63) is 37.8 Å². The van der Waals surface area contributed by atoms with Crippen molar-refractivity contribution in [2.45, 2.75) is 38.3 Å². The van der Waals surface area contributed by atoms with E-state index in [0.29, 0.717) is 41.6 Å². The van der Waals surface area contributed by atoms with Gasteiger partial charge in [-0.05, 0) is 49.7 Å². The Balaban J connectivity index is 1.60. The molecule has 0 spiro atoms. The molecule has 0 radical (unpaired) electrons. The molecule has 1 aliphatic heterocycles. The molecule has 1 fully saturated rings. The van der Waals surface area contributed by atoms with Gasteiger partial charge in [-0.25, -0.2) is 0 Å². The van der Waals surface area contributed by atoms with Gasteiger partial charge in [-0.15, -0.1) is 0 Å². The third kappa shape index (κ3) is 4.56. The third-order valence-corrected chi connectivity index (χ3v) is 5.10. The average Bonchev–Trinajstić information content (AvgIpc) is 3.10. The summed E-state index contributed by atoms with van der Waals surface area (Å²) in [5, 5.41) is 3.46. The van der Waals surface area contributed by atoms with E-state index in [9.17, 15) is 9.59 Å². The first kappa shape index (κ1) is 18.3. The fourth-order valence-electron chi connectivity index (χ4n) is 2.94. The second-order valence-electron chi connectivity index (χ2n) is 6.12. The van der Waals surface area contributed by atoms with E-state index in [0.717, 1.165) is 23.9 Å². The van der Waals surface area contributed by atoms with Gasteiger partial charge < -0.3 is 15.0 Å². The number of nitrogens with one attached hydrogen (secondary N) is 2. The number of fused-ring (bicyclic) bond motifs is 1. The summed E-state index contributed by atoms with van der Waals surface area (Å²) < 4.78 is 8.20. The van der Waals surface area contributed by atoms with Gasteiger partial charge in [0.05, 0.1) is 17.0 Å². The van der Waals surface area contributed by atoms with Crippen molar-refractivity contribution in [3.63, 3.8) is 0 Å². The monoisotopic (exact) mass is 425 g/mol. The normalized spacial score (nSPS) is 17.1. The summed E-state index contributed by atoms with van der Waals surface area (Å²) in [5.74, 6) is -0.0259. The minimum absolute atomic E-state index is 0.0259. The molecule has 1 aromatic carbocycles. The van der Waals surface area contributed by atoms with Crippen LogP contribution in [0.25, 0.3) is 10.9 Å². The highest BCUT2D eigenvalue weighted by Crippen LogP contribution is 2.15. The summed E-state index contributed by atoms with van der Waals surface area (Å²) in [6.07, 6.45) is 3.09. The summed E-state index contributed by atoms with van der Waals surface area (Å²) in [6, 6.07) is 5.45. The maximum atomic E-state index is 12.6. The zero-order valence-corrected chi connectivity index (χ0v) is 16.1. The van der Waals surface area contributed by atoms with E-state index in [4.69, 9.17) is 17.0 Å². The van der Waals surface area contributed by atoms with Gasteiger partial charge in [0.25, 0.3) is 5.56 Å². The Morgan fingerprint density at radius 2 is 2.32 bits per heavy atom. The number of aromatic nitrogens is 2. The van der Waals surface area contributed by atoms with Gasteiger partial charge in [0.2, 0.25) is 5.91 Å². The quantitative estimate of drug-likeness (QED) is 0.697. The molecular formula is C17H20BrN3O3S. The van der Waals surface area contributed by atoms with Crippen LogP contribution >= 0.6 is 28.1 Å². The number of hydrogen-bond acceptors (Lipinski definition) is 4. The molecule has 1 amide bonds. The van der Waals surface area contributed by atoms with Crippen molar-refractivity contribution in [2.24, 2.45) is 0 Å². The van der Waals surface area contributed by atoms with Gasteiger partial charge >= 0.3 is 0 Å². The predicted molar refractivity (Wildman–Crippen MR) is 102 cm³/mol. The van der Waals surface area contributed by atoms with Crippen LogP contribution in [-0.2, 0) is 16.1 Å². The number of ether oxygens (including phenoxy) is 1. The number of rotatable bonds is 6. The second-order valence-corrected chi connectivity index (χ2v) is 7.42. The smallest absolute Gasteiger partial charge is 0.262 e. The van der Waals surface area contributed by atoms with Gasteiger partial charge in [0.1, 0.15) is 0 Å². The molecule has 0 bridgehead atoms. The molecule has 0 aliphatic carbocycles. The Morgan fingerprint density at radius 3 is 3.08 bits per heavy atom. The number of carbonyl (C=O) groups excluding carboxylic acids is 1. The highest BCUT2D eigenvalue weighted by molar-refractivity contribution is 9.10. The number of amides is 1. The number of nitrogens with zero attached hydrogens (tertiary/aromatic N) is 1. The third-order valence-electron chi connectivity index (χ3n) is 4.28. The molecule has 0 saturated carbocycles. The molecule has 1 saturated heterocycles. The van der Waals surface area contributed by atoms with Crippen LogP contribution in [0.15, 0.2) is 27.5 Å². The van der Waals surface area contributed by atoms with Crippen LogP contribution in [0.1, 0.15) is 25.7 Å². The maximum Gasteiger partial charge on any atom is 0.262 e. The van der Waals surface area contributed by atoms with Gasteiger partial charge in [-0.2, -0.15) is 0 Å². The Kier molecular flexibility index (Phi) is 6.03. The van der Waals surface area contributed by atoms with Crippen LogP contribution in [0.3, 0.4) is 0 Å². The first-order chi connectivity index (χ1) is 12.0. The molecule has 8 heteroatoms. The summed E-state index contributed by atoms with van der Waals surface area (Å²) in [5.41, 5.74) is 0.573. The largest absolute Gasteiger partial charge is 0.376 e. The minimum Gasteiger partial charge on any atom is -0.376 e. The fraction of sp³-hybridized carbons (Fsp3) is 0.471. The topological polar surface area (TPSA) is 76.1 Å². The van der Waals surface area contributed by atoms with Gasteiger partial charge in [0, 0.05) is 30.6 Å². The number of carbonyl (C=O) groups is 1. The molecule has 1 atom stereocenters. The molecule has 2 heterocycles. The van der Waals surface area contributed by atoms with E-state index >= 15 is 0 Å². The maximum absolute atomic E-state index is 12.6. The molecule has 25 heavy (non-hydrogen) atoms. The second kappa shape index (κ2) is 8.25. The lowest BCUT2D eigenvalue weighted by Gasteiger charge is -2.11. The van der Waals surface area contributed by atoms with Crippen LogP contribution in [0.5, 0.6) is 0 Å². The zero-order chi connectivity index (χ0) is 17.8. The summed E-state index contributed by atoms with van der Waals surface area (Å²) >= 11 is 8.66. The number of aromatic amines is 1. The Bertz CT molecular complexity index is 887. The zero-order valence-electron chi connectivity index (χ0n) is 13.7. The lowest BCUT2D eigenvalue weighted by Crippen LogP contribution is -2.32. The first-order valence-electron chi connectivity index (χ1n) is 8.35. The van der Waals surface area contributed by atoms with Crippen molar-refractivity contribution in [1.29, 1.82) is 0 Å². The molecule has 3 rings (SSSR count). The SMILES string of the molecule is O=C(CCCn1c(=S)[nH]c2ccc(Br)cc2c1=O)NC[C@H]1CCCO1. The minimum atomic E-state index is -0.139. The van der Waals surface area contributed by atoms with E-state index in [1.807, 2.05) is 12.1 Å². The van der Waals surface area contributed by atoms with Crippen LogP contribution < -0.4 is 10.9 Å². The number of halogens is 1. The number of hydrogen-bond donors (Lipinski definition) is 2. The highest BCUT2D eigenvalue weighted by Gasteiger charge is 2.16. The molecular weight excluding hydrogens is 406 g/mol. The van der Waals surface area contributed by atoms with Crippen LogP contribution in [0.4, 0.5) is 0 Å². The van der Waals surface area contributed by atoms with Crippen molar-refractivity contribution in [1.82, 2.24) is 14.9 Å². The summed E-state index contributed by atoms with van der Waals surface area (Å²) in [6.45, 7) is 1.74. The van der Waals surface area contributed by atoms with Crippen molar-refractivity contribution in [2.75, 3.05) is 13.2 Å². The van der Waals surface area contributed by atoms with Crippen LogP contribution in [-0.4, -0.2) is 34.7 Å².